The van der Waals surface area contributed by atoms with Crippen molar-refractivity contribution in [2.45, 2.75) is 6.92 Å². The number of carbonyl (C=O) groups is 1. The Balaban J connectivity index is 2.41. The van der Waals surface area contributed by atoms with Crippen molar-refractivity contribution >= 4 is 40.3 Å². The third-order valence-electron chi connectivity index (χ3n) is 1.94. The number of carboxylic acids is 1. The van der Waals surface area contributed by atoms with Gasteiger partial charge in [-0.25, -0.2) is 9.78 Å². The van der Waals surface area contributed by atoms with Crippen LogP contribution in [0.5, 0.6) is 0 Å². The molecule has 0 aromatic carbocycles. The molecule has 0 amide bonds. The first-order chi connectivity index (χ1) is 7.66. The van der Waals surface area contributed by atoms with E-state index in [-0.39, 0.29) is 0 Å². The first-order valence-corrected chi connectivity index (χ1v) is 6.28. The zero-order chi connectivity index (χ0) is 11.5. The van der Waals surface area contributed by atoms with Crippen LogP contribution >= 0.6 is 22.7 Å². The lowest BCUT2D eigenvalue weighted by Crippen LogP contribution is -1.97. The number of hydrogen-bond donors (Lipinski definition) is 1. The Bertz CT molecular complexity index is 526. The van der Waals surface area contributed by atoms with E-state index in [4.69, 9.17) is 5.11 Å². The maximum absolute atomic E-state index is 11.1. The van der Waals surface area contributed by atoms with Gasteiger partial charge in [-0.15, -0.1) is 22.7 Å². The van der Waals surface area contributed by atoms with E-state index in [0.29, 0.717) is 5.57 Å². The standard InChI is InChI=1S/C11H9NO2S2/c1-7-12-6-8(16-7)5-9(11(13)14)10-3-2-4-15-10/h2-6H,1H3,(H,13,14). The fraction of sp³-hybridized carbons (Fsp3) is 0.0909. The summed E-state index contributed by atoms with van der Waals surface area (Å²) < 4.78 is 0. The molecule has 82 valence electrons. The predicted molar refractivity (Wildman–Crippen MR) is 66.7 cm³/mol. The normalized spacial score (nSPS) is 11.7. The Kier molecular flexibility index (Phi) is 3.17. The average Bonchev–Trinajstić information content (AvgIpc) is 2.84. The molecular weight excluding hydrogens is 242 g/mol. The van der Waals surface area contributed by atoms with Gasteiger partial charge in [0.1, 0.15) is 0 Å². The molecule has 5 heteroatoms. The number of hydrogen-bond acceptors (Lipinski definition) is 4. The van der Waals surface area contributed by atoms with Crippen LogP contribution in [0.4, 0.5) is 0 Å². The fourth-order valence-corrected chi connectivity index (χ4v) is 2.72. The van der Waals surface area contributed by atoms with Gasteiger partial charge in [0.05, 0.1) is 10.6 Å². The third kappa shape index (κ3) is 2.37. The molecule has 0 saturated carbocycles. The molecule has 0 saturated heterocycles. The van der Waals surface area contributed by atoms with Crippen LogP contribution in [0.25, 0.3) is 11.6 Å². The number of nitrogens with zero attached hydrogens (tertiary/aromatic N) is 1. The highest BCUT2D eigenvalue weighted by molar-refractivity contribution is 7.13. The van der Waals surface area contributed by atoms with E-state index in [1.807, 2.05) is 18.4 Å². The molecule has 0 spiro atoms. The number of thiophene rings is 1. The zero-order valence-corrected chi connectivity index (χ0v) is 10.1. The van der Waals surface area contributed by atoms with Gasteiger partial charge < -0.3 is 5.11 Å². The molecule has 0 aliphatic rings. The van der Waals surface area contributed by atoms with E-state index >= 15 is 0 Å². The van der Waals surface area contributed by atoms with Gasteiger partial charge in [-0.1, -0.05) is 6.07 Å². The Morgan fingerprint density at radius 2 is 2.38 bits per heavy atom. The van der Waals surface area contributed by atoms with Gasteiger partial charge in [0, 0.05) is 16.0 Å². The second-order valence-electron chi connectivity index (χ2n) is 3.12. The molecule has 0 radical (unpaired) electrons. The summed E-state index contributed by atoms with van der Waals surface area (Å²) in [6.45, 7) is 1.90. The summed E-state index contributed by atoms with van der Waals surface area (Å²) in [6.07, 6.45) is 3.36. The lowest BCUT2D eigenvalue weighted by atomic mass is 10.2. The average molecular weight is 251 g/mol. The molecule has 2 aromatic rings. The minimum absolute atomic E-state index is 0.318. The quantitative estimate of drug-likeness (QED) is 0.853. The van der Waals surface area contributed by atoms with Gasteiger partial charge >= 0.3 is 5.97 Å². The molecule has 16 heavy (non-hydrogen) atoms. The largest absolute Gasteiger partial charge is 0.478 e. The van der Waals surface area contributed by atoms with Gasteiger partial charge in [0.25, 0.3) is 0 Å². The maximum atomic E-state index is 11.1. The summed E-state index contributed by atoms with van der Waals surface area (Å²) in [4.78, 5) is 16.9. The highest BCUT2D eigenvalue weighted by Crippen LogP contribution is 2.25. The lowest BCUT2D eigenvalue weighted by molar-refractivity contribution is -0.130. The second kappa shape index (κ2) is 4.59. The SMILES string of the molecule is Cc1ncc(C=C(C(=O)O)c2cccs2)s1. The monoisotopic (exact) mass is 251 g/mol. The van der Waals surface area contributed by atoms with Crippen LogP contribution in [0.3, 0.4) is 0 Å². The molecule has 1 N–H and O–H groups in total. The lowest BCUT2D eigenvalue weighted by Gasteiger charge is -1.96. The molecule has 2 rings (SSSR count). The number of rotatable bonds is 3. The molecule has 0 atom stereocenters. The summed E-state index contributed by atoms with van der Waals surface area (Å²) >= 11 is 2.91. The molecule has 0 fully saturated rings. The summed E-state index contributed by atoms with van der Waals surface area (Å²) in [7, 11) is 0. The third-order valence-corrected chi connectivity index (χ3v) is 3.71. The number of aromatic nitrogens is 1. The molecular formula is C11H9NO2S2. The van der Waals surface area contributed by atoms with Crippen LogP contribution < -0.4 is 0 Å². The van der Waals surface area contributed by atoms with Gasteiger partial charge in [-0.3, -0.25) is 0 Å². The van der Waals surface area contributed by atoms with Crippen molar-refractivity contribution in [3.63, 3.8) is 0 Å². The molecule has 2 heterocycles. The van der Waals surface area contributed by atoms with Crippen molar-refractivity contribution < 1.29 is 9.90 Å². The Labute approximate surface area is 101 Å². The van der Waals surface area contributed by atoms with E-state index in [1.54, 1.807) is 18.3 Å². The molecule has 0 aliphatic carbocycles. The van der Waals surface area contributed by atoms with Gasteiger partial charge in [0.15, 0.2) is 0 Å². The van der Waals surface area contributed by atoms with Crippen LogP contribution in [0, 0.1) is 6.92 Å². The minimum Gasteiger partial charge on any atom is -0.478 e. The smallest absolute Gasteiger partial charge is 0.337 e. The van der Waals surface area contributed by atoms with Gasteiger partial charge in [-0.2, -0.15) is 0 Å². The van der Waals surface area contributed by atoms with Crippen LogP contribution in [-0.2, 0) is 4.79 Å². The second-order valence-corrected chi connectivity index (χ2v) is 5.34. The molecule has 0 unspecified atom stereocenters. The van der Waals surface area contributed by atoms with Crippen molar-refractivity contribution in [1.29, 1.82) is 0 Å². The molecule has 0 aliphatic heterocycles. The Morgan fingerprint density at radius 3 is 2.88 bits per heavy atom. The number of aryl methyl sites for hydroxylation is 1. The van der Waals surface area contributed by atoms with Crippen LogP contribution in [0.1, 0.15) is 14.8 Å². The van der Waals surface area contributed by atoms with Gasteiger partial charge in [-0.05, 0) is 24.4 Å². The Morgan fingerprint density at radius 1 is 1.56 bits per heavy atom. The topological polar surface area (TPSA) is 50.2 Å². The van der Waals surface area contributed by atoms with Crippen molar-refractivity contribution in [1.82, 2.24) is 4.98 Å². The first-order valence-electron chi connectivity index (χ1n) is 4.58. The van der Waals surface area contributed by atoms with Crippen molar-refractivity contribution in [3.05, 3.63) is 38.5 Å². The predicted octanol–water partition coefficient (Wildman–Crippen LogP) is 3.14. The molecule has 2 aromatic heterocycles. The molecule has 0 bridgehead atoms. The van der Waals surface area contributed by atoms with Crippen LogP contribution in [0.2, 0.25) is 0 Å². The minimum atomic E-state index is -0.909. The number of thiazole rings is 1. The highest BCUT2D eigenvalue weighted by Gasteiger charge is 2.11. The van der Waals surface area contributed by atoms with Crippen molar-refractivity contribution in [3.8, 4) is 0 Å². The van der Waals surface area contributed by atoms with E-state index in [0.717, 1.165) is 14.8 Å². The summed E-state index contributed by atoms with van der Waals surface area (Å²) in [5.41, 5.74) is 0.318. The maximum Gasteiger partial charge on any atom is 0.337 e. The fourth-order valence-electron chi connectivity index (χ4n) is 1.26. The van der Waals surface area contributed by atoms with E-state index < -0.39 is 5.97 Å². The van der Waals surface area contributed by atoms with Gasteiger partial charge in [0.2, 0.25) is 0 Å². The van der Waals surface area contributed by atoms with E-state index in [2.05, 4.69) is 4.98 Å². The van der Waals surface area contributed by atoms with Crippen LogP contribution in [0.15, 0.2) is 23.7 Å². The Hall–Kier alpha value is -1.46. The zero-order valence-electron chi connectivity index (χ0n) is 8.51. The van der Waals surface area contributed by atoms with E-state index in [1.165, 1.54) is 22.7 Å². The first kappa shape index (κ1) is 11.0. The van der Waals surface area contributed by atoms with Crippen molar-refractivity contribution in [2.75, 3.05) is 0 Å². The summed E-state index contributed by atoms with van der Waals surface area (Å²) in [5, 5.41) is 11.9. The van der Waals surface area contributed by atoms with Crippen LogP contribution in [-0.4, -0.2) is 16.1 Å². The number of carboxylic acid groups (broad SMARTS) is 1. The summed E-state index contributed by atoms with van der Waals surface area (Å²) in [5.74, 6) is -0.909. The summed E-state index contributed by atoms with van der Waals surface area (Å²) in [6, 6.07) is 3.65. The van der Waals surface area contributed by atoms with E-state index in [9.17, 15) is 4.79 Å². The number of aliphatic carboxylic acids is 1. The molecule has 3 nitrogen and oxygen atoms in total. The highest BCUT2D eigenvalue weighted by atomic mass is 32.1. The van der Waals surface area contributed by atoms with Crippen molar-refractivity contribution in [2.24, 2.45) is 0 Å².